The van der Waals surface area contributed by atoms with Gasteiger partial charge >= 0.3 is 5.97 Å². The second-order valence-corrected chi connectivity index (χ2v) is 3.43. The van der Waals surface area contributed by atoms with Crippen LogP contribution in [-0.2, 0) is 9.53 Å². The first-order valence-electron chi connectivity index (χ1n) is 5.19. The van der Waals surface area contributed by atoms with Gasteiger partial charge in [0.2, 0.25) is 5.71 Å². The summed E-state index contributed by atoms with van der Waals surface area (Å²) in [6.45, 7) is 1.63. The van der Waals surface area contributed by atoms with Crippen molar-refractivity contribution in [2.24, 2.45) is 10.7 Å². The number of nitriles is 1. The lowest BCUT2D eigenvalue weighted by Gasteiger charge is -2.04. The maximum absolute atomic E-state index is 11.2. The number of benzene rings is 1. The molecule has 0 aliphatic rings. The van der Waals surface area contributed by atoms with Crippen LogP contribution in [0.4, 0.5) is 0 Å². The minimum Gasteiger partial charge on any atom is -0.464 e. The van der Waals surface area contributed by atoms with Crippen molar-refractivity contribution in [3.63, 3.8) is 0 Å². The summed E-state index contributed by atoms with van der Waals surface area (Å²) >= 11 is 0. The zero-order valence-electron chi connectivity index (χ0n) is 10.2. The smallest absolute Gasteiger partial charge is 0.367 e. The Morgan fingerprint density at radius 3 is 2.50 bits per heavy atom. The molecule has 18 heavy (non-hydrogen) atoms. The first-order valence-corrected chi connectivity index (χ1v) is 5.19. The van der Waals surface area contributed by atoms with E-state index in [1.165, 1.54) is 7.11 Å². The Bertz CT molecular complexity index is 539. The van der Waals surface area contributed by atoms with Crippen LogP contribution in [0.3, 0.4) is 0 Å². The third-order valence-corrected chi connectivity index (χ3v) is 2.24. The first kappa shape index (κ1) is 13.5. The second kappa shape index (κ2) is 6.21. The summed E-state index contributed by atoms with van der Waals surface area (Å²) in [4.78, 5) is 15.1. The molecule has 0 radical (unpaired) electrons. The number of methoxy groups -OCH3 is 1. The maximum Gasteiger partial charge on any atom is 0.367 e. The fourth-order valence-electron chi connectivity index (χ4n) is 1.27. The van der Waals surface area contributed by atoms with Crippen LogP contribution in [0.2, 0.25) is 0 Å². The quantitative estimate of drug-likeness (QED) is 0.643. The predicted molar refractivity (Wildman–Crippen MR) is 68.3 cm³/mol. The Hall–Kier alpha value is -2.61. The molecule has 92 valence electrons. The van der Waals surface area contributed by atoms with Crippen LogP contribution in [0.1, 0.15) is 12.5 Å². The molecule has 0 aromatic heterocycles. The fourth-order valence-corrected chi connectivity index (χ4v) is 1.27. The van der Waals surface area contributed by atoms with Gasteiger partial charge in [0.25, 0.3) is 0 Å². The van der Waals surface area contributed by atoms with Gasteiger partial charge in [-0.15, -0.1) is 0 Å². The van der Waals surface area contributed by atoms with Crippen LogP contribution in [0.15, 0.2) is 41.0 Å². The van der Waals surface area contributed by atoms with Gasteiger partial charge in [-0.1, -0.05) is 30.3 Å². The molecule has 0 bridgehead atoms. The Morgan fingerprint density at radius 1 is 1.39 bits per heavy atom. The van der Waals surface area contributed by atoms with E-state index in [9.17, 15) is 4.79 Å². The standard InChI is InChI=1S/C13H13N3O2/c1-9(16-11(8-14)13(17)18-2)12(15)10-6-4-3-5-7-10/h3-7H,15H2,1-2H3/b12-9-,16-11?. The zero-order chi connectivity index (χ0) is 13.5. The average Bonchev–Trinajstić information content (AvgIpc) is 2.43. The summed E-state index contributed by atoms with van der Waals surface area (Å²) in [6.07, 6.45) is 0. The highest BCUT2D eigenvalue weighted by Crippen LogP contribution is 2.13. The number of aliphatic imine (C=N–C) groups is 1. The molecule has 1 aromatic rings. The Balaban J connectivity index is 3.14. The van der Waals surface area contributed by atoms with Crippen molar-refractivity contribution in [3.05, 3.63) is 41.6 Å². The number of nitrogens with two attached hydrogens (primary N) is 1. The Labute approximate surface area is 105 Å². The van der Waals surface area contributed by atoms with E-state index in [4.69, 9.17) is 11.0 Å². The predicted octanol–water partition coefficient (Wildman–Crippen LogP) is 1.47. The van der Waals surface area contributed by atoms with Crippen molar-refractivity contribution in [1.82, 2.24) is 0 Å². The van der Waals surface area contributed by atoms with E-state index in [1.807, 2.05) is 30.3 Å². The number of rotatable bonds is 3. The third kappa shape index (κ3) is 3.19. The lowest BCUT2D eigenvalue weighted by Crippen LogP contribution is -2.14. The molecule has 0 heterocycles. The van der Waals surface area contributed by atoms with Crippen molar-refractivity contribution >= 4 is 17.4 Å². The molecule has 1 rings (SSSR count). The van der Waals surface area contributed by atoms with Gasteiger partial charge in [0.1, 0.15) is 6.07 Å². The van der Waals surface area contributed by atoms with Gasteiger partial charge in [-0.3, -0.25) is 0 Å². The van der Waals surface area contributed by atoms with Crippen LogP contribution in [0.5, 0.6) is 0 Å². The second-order valence-electron chi connectivity index (χ2n) is 3.43. The average molecular weight is 243 g/mol. The summed E-state index contributed by atoms with van der Waals surface area (Å²) in [5.41, 5.74) is 7.15. The van der Waals surface area contributed by atoms with Crippen LogP contribution >= 0.6 is 0 Å². The number of esters is 1. The van der Waals surface area contributed by atoms with E-state index < -0.39 is 5.97 Å². The van der Waals surface area contributed by atoms with Gasteiger partial charge < -0.3 is 10.5 Å². The third-order valence-electron chi connectivity index (χ3n) is 2.24. The summed E-state index contributed by atoms with van der Waals surface area (Å²) in [7, 11) is 1.19. The molecule has 0 fully saturated rings. The van der Waals surface area contributed by atoms with E-state index in [1.54, 1.807) is 13.0 Å². The topological polar surface area (TPSA) is 88.5 Å². The SMILES string of the molecule is COC(=O)C(C#N)=N/C(C)=C(\N)c1ccccc1. The molecule has 0 aliphatic carbocycles. The van der Waals surface area contributed by atoms with E-state index in [0.717, 1.165) is 5.56 Å². The van der Waals surface area contributed by atoms with Crippen molar-refractivity contribution in [3.8, 4) is 6.07 Å². The fraction of sp³-hybridized carbons (Fsp3) is 0.154. The Kier molecular flexibility index (Phi) is 4.64. The molecular weight excluding hydrogens is 230 g/mol. The lowest BCUT2D eigenvalue weighted by molar-refractivity contribution is -0.132. The van der Waals surface area contributed by atoms with E-state index in [2.05, 4.69) is 9.73 Å². The highest BCUT2D eigenvalue weighted by molar-refractivity contribution is 6.43. The Morgan fingerprint density at radius 2 is 2.00 bits per heavy atom. The number of carbonyl (C=O) groups is 1. The summed E-state index contributed by atoms with van der Waals surface area (Å²) in [6, 6.07) is 10.9. The molecule has 0 saturated heterocycles. The summed E-state index contributed by atoms with van der Waals surface area (Å²) in [5.74, 6) is -0.780. The molecule has 2 N–H and O–H groups in total. The molecule has 0 unspecified atom stereocenters. The molecule has 5 heteroatoms. The molecule has 5 nitrogen and oxygen atoms in total. The molecule has 0 aliphatic heterocycles. The van der Waals surface area contributed by atoms with Crippen molar-refractivity contribution in [1.29, 1.82) is 5.26 Å². The van der Waals surface area contributed by atoms with Crippen LogP contribution in [0.25, 0.3) is 5.70 Å². The number of allylic oxidation sites excluding steroid dienone is 1. The molecule has 0 saturated carbocycles. The minimum atomic E-state index is -0.780. The van der Waals surface area contributed by atoms with Gasteiger partial charge in [-0.2, -0.15) is 5.26 Å². The van der Waals surface area contributed by atoms with Gasteiger partial charge in [-0.05, 0) is 12.5 Å². The number of carbonyl (C=O) groups excluding carboxylic acids is 1. The van der Waals surface area contributed by atoms with E-state index >= 15 is 0 Å². The van der Waals surface area contributed by atoms with Crippen molar-refractivity contribution in [2.45, 2.75) is 6.92 Å². The monoisotopic (exact) mass is 243 g/mol. The largest absolute Gasteiger partial charge is 0.464 e. The van der Waals surface area contributed by atoms with Crippen LogP contribution < -0.4 is 5.73 Å². The number of hydrogen-bond donors (Lipinski definition) is 1. The van der Waals surface area contributed by atoms with E-state index in [-0.39, 0.29) is 5.71 Å². The van der Waals surface area contributed by atoms with Crippen LogP contribution in [-0.4, -0.2) is 18.8 Å². The highest BCUT2D eigenvalue weighted by Gasteiger charge is 2.11. The maximum atomic E-state index is 11.2. The van der Waals surface area contributed by atoms with Gasteiger partial charge in [-0.25, -0.2) is 9.79 Å². The van der Waals surface area contributed by atoms with Gasteiger partial charge in [0.15, 0.2) is 0 Å². The molecule has 0 spiro atoms. The van der Waals surface area contributed by atoms with Crippen molar-refractivity contribution < 1.29 is 9.53 Å². The molecule has 0 amide bonds. The number of hydrogen-bond acceptors (Lipinski definition) is 5. The van der Waals surface area contributed by atoms with Crippen molar-refractivity contribution in [2.75, 3.05) is 7.11 Å². The zero-order valence-corrected chi connectivity index (χ0v) is 10.2. The highest BCUT2D eigenvalue weighted by atomic mass is 16.5. The number of nitrogens with zero attached hydrogens (tertiary/aromatic N) is 2. The summed E-state index contributed by atoms with van der Waals surface area (Å²) in [5, 5.41) is 8.78. The van der Waals surface area contributed by atoms with Gasteiger partial charge in [0, 0.05) is 0 Å². The molecule has 0 atom stereocenters. The first-order chi connectivity index (χ1) is 8.60. The minimum absolute atomic E-state index is 0.325. The molecular formula is C13H13N3O2. The lowest BCUT2D eigenvalue weighted by atomic mass is 10.1. The van der Waals surface area contributed by atoms with Gasteiger partial charge in [0.05, 0.1) is 18.5 Å². The van der Waals surface area contributed by atoms with E-state index in [0.29, 0.717) is 11.4 Å². The normalized spacial score (nSPS) is 12.4. The molecule has 1 aromatic carbocycles. The summed E-state index contributed by atoms with van der Waals surface area (Å²) < 4.78 is 4.43. The number of ether oxygens (including phenoxy) is 1. The van der Waals surface area contributed by atoms with Crippen LogP contribution in [0, 0.1) is 11.3 Å².